The minimum Gasteiger partial charge on any atom is -0.481 e. The Bertz CT molecular complexity index is 710. The van der Waals surface area contributed by atoms with Gasteiger partial charge < -0.3 is 5.11 Å². The van der Waals surface area contributed by atoms with Gasteiger partial charge in [-0.1, -0.05) is 42.9 Å². The number of benzene rings is 1. The SMILES string of the molecule is O=C(O)CC1(Cn2sc3ccccc3c2=O)CCCCC1. The molecule has 2 aromatic rings. The van der Waals surface area contributed by atoms with Gasteiger partial charge in [-0.3, -0.25) is 13.5 Å². The first-order valence-corrected chi connectivity index (χ1v) is 8.18. The van der Waals surface area contributed by atoms with Crippen LogP contribution in [-0.2, 0) is 11.3 Å². The molecule has 3 rings (SSSR count). The van der Waals surface area contributed by atoms with Crippen molar-refractivity contribution in [3.05, 3.63) is 34.6 Å². The van der Waals surface area contributed by atoms with Gasteiger partial charge in [-0.15, -0.1) is 0 Å². The van der Waals surface area contributed by atoms with Crippen molar-refractivity contribution >= 4 is 27.6 Å². The van der Waals surface area contributed by atoms with E-state index in [0.29, 0.717) is 6.54 Å². The third kappa shape index (κ3) is 2.88. The molecule has 0 atom stereocenters. The first kappa shape index (κ1) is 14.3. The Hall–Kier alpha value is -1.62. The smallest absolute Gasteiger partial charge is 0.303 e. The molecule has 1 aliphatic rings. The summed E-state index contributed by atoms with van der Waals surface area (Å²) in [6, 6.07) is 7.59. The van der Waals surface area contributed by atoms with Crippen LogP contribution in [-0.4, -0.2) is 15.0 Å². The molecule has 1 aromatic carbocycles. The summed E-state index contributed by atoms with van der Waals surface area (Å²) < 4.78 is 2.74. The minimum atomic E-state index is -0.758. The van der Waals surface area contributed by atoms with E-state index in [1.165, 1.54) is 18.0 Å². The second kappa shape index (κ2) is 5.64. The molecule has 0 unspecified atom stereocenters. The van der Waals surface area contributed by atoms with Crippen LogP contribution < -0.4 is 5.56 Å². The number of fused-ring (bicyclic) bond motifs is 1. The maximum absolute atomic E-state index is 12.5. The van der Waals surface area contributed by atoms with E-state index >= 15 is 0 Å². The van der Waals surface area contributed by atoms with Crippen LogP contribution >= 0.6 is 11.5 Å². The van der Waals surface area contributed by atoms with E-state index in [2.05, 4.69) is 0 Å². The molecule has 21 heavy (non-hydrogen) atoms. The third-order valence-electron chi connectivity index (χ3n) is 4.47. The molecule has 1 fully saturated rings. The number of aromatic nitrogens is 1. The van der Waals surface area contributed by atoms with Gasteiger partial charge in [0.05, 0.1) is 16.5 Å². The highest BCUT2D eigenvalue weighted by molar-refractivity contribution is 7.13. The Labute approximate surface area is 127 Å². The van der Waals surface area contributed by atoms with Crippen LogP contribution in [0.4, 0.5) is 0 Å². The van der Waals surface area contributed by atoms with E-state index in [1.807, 2.05) is 24.3 Å². The van der Waals surface area contributed by atoms with Crippen molar-refractivity contribution in [2.45, 2.75) is 45.1 Å². The van der Waals surface area contributed by atoms with Crippen molar-refractivity contribution in [3.8, 4) is 0 Å². The molecule has 0 saturated heterocycles. The highest BCUT2D eigenvalue weighted by Gasteiger charge is 2.35. The fourth-order valence-electron chi connectivity index (χ4n) is 3.44. The van der Waals surface area contributed by atoms with E-state index < -0.39 is 5.97 Å². The molecule has 1 aromatic heterocycles. The first-order chi connectivity index (χ1) is 10.1. The number of hydrogen-bond donors (Lipinski definition) is 1. The first-order valence-electron chi connectivity index (χ1n) is 7.40. The molecule has 0 bridgehead atoms. The molecule has 0 aliphatic heterocycles. The van der Waals surface area contributed by atoms with Crippen molar-refractivity contribution in [1.82, 2.24) is 3.96 Å². The molecule has 0 spiro atoms. The zero-order valence-corrected chi connectivity index (χ0v) is 12.7. The summed E-state index contributed by atoms with van der Waals surface area (Å²) in [4.78, 5) is 23.7. The molecule has 1 saturated carbocycles. The van der Waals surface area contributed by atoms with Crippen LogP contribution in [0.5, 0.6) is 0 Å². The lowest BCUT2D eigenvalue weighted by atomic mass is 9.72. The summed E-state index contributed by atoms with van der Waals surface area (Å²) in [5, 5.41) is 9.97. The van der Waals surface area contributed by atoms with Gasteiger partial charge in [0.2, 0.25) is 0 Å². The van der Waals surface area contributed by atoms with Crippen molar-refractivity contribution in [1.29, 1.82) is 0 Å². The van der Waals surface area contributed by atoms with Crippen molar-refractivity contribution in [3.63, 3.8) is 0 Å². The number of aliphatic carboxylic acids is 1. The van der Waals surface area contributed by atoms with Crippen LogP contribution in [0.15, 0.2) is 29.1 Å². The Morgan fingerprint density at radius 2 is 1.95 bits per heavy atom. The van der Waals surface area contributed by atoms with Crippen LogP contribution in [0.2, 0.25) is 0 Å². The van der Waals surface area contributed by atoms with Crippen LogP contribution in [0.1, 0.15) is 38.5 Å². The Morgan fingerprint density at radius 1 is 1.24 bits per heavy atom. The summed E-state index contributed by atoms with van der Waals surface area (Å²) in [5.74, 6) is -0.758. The average Bonchev–Trinajstić information content (AvgIpc) is 2.76. The highest BCUT2D eigenvalue weighted by Crippen LogP contribution is 2.41. The number of rotatable bonds is 4. The van der Waals surface area contributed by atoms with Crippen LogP contribution in [0.3, 0.4) is 0 Å². The van der Waals surface area contributed by atoms with Gasteiger partial charge in [0.25, 0.3) is 5.56 Å². The topological polar surface area (TPSA) is 59.3 Å². The second-order valence-corrected chi connectivity index (χ2v) is 7.12. The van der Waals surface area contributed by atoms with Gasteiger partial charge in [-0.05, 0) is 30.4 Å². The maximum Gasteiger partial charge on any atom is 0.303 e. The van der Waals surface area contributed by atoms with Crippen molar-refractivity contribution in [2.24, 2.45) is 5.41 Å². The van der Waals surface area contributed by atoms with E-state index in [1.54, 1.807) is 3.96 Å². The zero-order chi connectivity index (χ0) is 14.9. The predicted octanol–water partition coefficient (Wildman–Crippen LogP) is 3.49. The Morgan fingerprint density at radius 3 is 2.62 bits per heavy atom. The summed E-state index contributed by atoms with van der Waals surface area (Å²) in [7, 11) is 0. The molecule has 1 heterocycles. The number of nitrogens with zero attached hydrogens (tertiary/aromatic N) is 1. The number of carboxylic acid groups (broad SMARTS) is 1. The Kier molecular flexibility index (Phi) is 3.85. The zero-order valence-electron chi connectivity index (χ0n) is 11.9. The summed E-state index contributed by atoms with van der Waals surface area (Å²) >= 11 is 1.45. The average molecular weight is 305 g/mol. The number of carbonyl (C=O) groups is 1. The molecule has 4 nitrogen and oxygen atoms in total. The molecule has 1 aliphatic carbocycles. The maximum atomic E-state index is 12.5. The molecule has 5 heteroatoms. The van der Waals surface area contributed by atoms with Gasteiger partial charge in [0.15, 0.2) is 0 Å². The molecule has 112 valence electrons. The fourth-order valence-corrected chi connectivity index (χ4v) is 4.59. The highest BCUT2D eigenvalue weighted by atomic mass is 32.1. The lowest BCUT2D eigenvalue weighted by molar-refractivity contribution is -0.140. The van der Waals surface area contributed by atoms with Gasteiger partial charge in [-0.2, -0.15) is 0 Å². The normalized spacial score (nSPS) is 17.9. The molecule has 0 radical (unpaired) electrons. The van der Waals surface area contributed by atoms with Gasteiger partial charge in [0, 0.05) is 6.54 Å². The monoisotopic (exact) mass is 305 g/mol. The van der Waals surface area contributed by atoms with Crippen molar-refractivity contribution < 1.29 is 9.90 Å². The standard InChI is InChI=1S/C16H19NO3S/c18-14(19)10-16(8-4-1-5-9-16)11-17-15(20)12-6-2-3-7-13(12)21-17/h2-3,6-7H,1,4-5,8-11H2,(H,18,19). The lowest BCUT2D eigenvalue weighted by Crippen LogP contribution is -2.34. The molecular formula is C16H19NO3S. The van der Waals surface area contributed by atoms with Gasteiger partial charge >= 0.3 is 5.97 Å². The summed E-state index contributed by atoms with van der Waals surface area (Å²) in [5.41, 5.74) is -0.236. The van der Waals surface area contributed by atoms with Gasteiger partial charge in [-0.25, -0.2) is 0 Å². The lowest BCUT2D eigenvalue weighted by Gasteiger charge is -2.35. The third-order valence-corrected chi connectivity index (χ3v) is 5.54. The number of carboxylic acids is 1. The van der Waals surface area contributed by atoms with Crippen LogP contribution in [0.25, 0.3) is 10.1 Å². The van der Waals surface area contributed by atoms with Crippen molar-refractivity contribution in [2.75, 3.05) is 0 Å². The van der Waals surface area contributed by atoms with E-state index in [9.17, 15) is 14.7 Å². The molecule has 0 amide bonds. The number of hydrogen-bond acceptors (Lipinski definition) is 3. The summed E-state index contributed by atoms with van der Waals surface area (Å²) in [6.07, 6.45) is 5.26. The molecule has 1 N–H and O–H groups in total. The summed E-state index contributed by atoms with van der Waals surface area (Å²) in [6.45, 7) is 0.539. The van der Waals surface area contributed by atoms with E-state index in [-0.39, 0.29) is 17.4 Å². The fraction of sp³-hybridized carbons (Fsp3) is 0.500. The predicted molar refractivity (Wildman–Crippen MR) is 83.9 cm³/mol. The van der Waals surface area contributed by atoms with E-state index in [4.69, 9.17) is 0 Å². The minimum absolute atomic E-state index is 0.0194. The van der Waals surface area contributed by atoms with E-state index in [0.717, 1.165) is 35.8 Å². The Balaban J connectivity index is 1.95. The van der Waals surface area contributed by atoms with Crippen LogP contribution in [0, 0.1) is 5.41 Å². The molecular weight excluding hydrogens is 286 g/mol. The second-order valence-electron chi connectivity index (χ2n) is 6.06. The quantitative estimate of drug-likeness (QED) is 0.940. The van der Waals surface area contributed by atoms with Gasteiger partial charge in [0.1, 0.15) is 0 Å². The largest absolute Gasteiger partial charge is 0.481 e.